The molecule has 0 spiro atoms. The van der Waals surface area contributed by atoms with Crippen molar-refractivity contribution in [2.75, 3.05) is 19.6 Å². The summed E-state index contributed by atoms with van der Waals surface area (Å²) in [5.41, 5.74) is 3.95. The Kier molecular flexibility index (Phi) is 8.04. The summed E-state index contributed by atoms with van der Waals surface area (Å²) in [4.78, 5) is 21.2. The number of imidazole rings is 1. The fourth-order valence-corrected chi connectivity index (χ4v) is 3.46. The van der Waals surface area contributed by atoms with Crippen LogP contribution < -0.4 is 16.0 Å². The number of aryl methyl sites for hydroxylation is 2. The van der Waals surface area contributed by atoms with Crippen LogP contribution in [0.3, 0.4) is 0 Å². The van der Waals surface area contributed by atoms with E-state index in [0.29, 0.717) is 18.7 Å². The second kappa shape index (κ2) is 11.2. The lowest BCUT2D eigenvalue weighted by molar-refractivity contribution is 0.0956. The zero-order valence-electron chi connectivity index (χ0n) is 18.6. The molecule has 2 aromatic carbocycles. The molecule has 0 bridgehead atoms. The monoisotopic (exact) mass is 420 g/mol. The molecule has 7 heteroatoms. The number of amides is 1. The number of aromatic nitrogens is 2. The van der Waals surface area contributed by atoms with Crippen molar-refractivity contribution in [2.45, 2.75) is 40.3 Å². The lowest BCUT2D eigenvalue weighted by atomic mass is 10.1. The normalized spacial score (nSPS) is 11.5. The Bertz CT molecular complexity index is 1020. The molecule has 0 aliphatic heterocycles. The molecule has 7 nitrogen and oxygen atoms in total. The maximum atomic E-state index is 11.9. The molecule has 0 aliphatic carbocycles. The lowest BCUT2D eigenvalue weighted by Crippen LogP contribution is -2.38. The van der Waals surface area contributed by atoms with E-state index >= 15 is 0 Å². The van der Waals surface area contributed by atoms with Gasteiger partial charge in [-0.25, -0.2) is 9.98 Å². The fraction of sp³-hybridized carbons (Fsp3) is 0.375. The largest absolute Gasteiger partial charge is 0.357 e. The summed E-state index contributed by atoms with van der Waals surface area (Å²) in [6.45, 7) is 9.71. The predicted octanol–water partition coefficient (Wildman–Crippen LogP) is 3.24. The quantitative estimate of drug-likeness (QED) is 0.282. The van der Waals surface area contributed by atoms with Crippen molar-refractivity contribution in [3.05, 3.63) is 65.5 Å². The first-order chi connectivity index (χ1) is 15.1. The van der Waals surface area contributed by atoms with Crippen LogP contribution in [0.25, 0.3) is 11.0 Å². The van der Waals surface area contributed by atoms with E-state index in [2.05, 4.69) is 62.5 Å². The van der Waals surface area contributed by atoms with Gasteiger partial charge in [-0.15, -0.1) is 0 Å². The van der Waals surface area contributed by atoms with E-state index in [1.807, 2.05) is 37.3 Å². The van der Waals surface area contributed by atoms with Crippen LogP contribution in [0.1, 0.15) is 42.0 Å². The number of para-hydroxylation sites is 2. The van der Waals surface area contributed by atoms with Crippen LogP contribution in [0.5, 0.6) is 0 Å². The molecular formula is C24H32N6O. The third-order valence-corrected chi connectivity index (χ3v) is 5.01. The van der Waals surface area contributed by atoms with Gasteiger partial charge in [-0.1, -0.05) is 24.3 Å². The number of benzene rings is 2. The smallest absolute Gasteiger partial charge is 0.251 e. The van der Waals surface area contributed by atoms with E-state index in [1.54, 1.807) is 0 Å². The van der Waals surface area contributed by atoms with E-state index in [4.69, 9.17) is 0 Å². The molecule has 0 saturated heterocycles. The van der Waals surface area contributed by atoms with Gasteiger partial charge in [0.1, 0.15) is 5.82 Å². The van der Waals surface area contributed by atoms with Crippen molar-refractivity contribution in [1.82, 2.24) is 25.5 Å². The highest BCUT2D eigenvalue weighted by atomic mass is 16.1. The van der Waals surface area contributed by atoms with E-state index < -0.39 is 0 Å². The van der Waals surface area contributed by atoms with Crippen molar-refractivity contribution < 1.29 is 4.79 Å². The molecule has 0 radical (unpaired) electrons. The summed E-state index contributed by atoms with van der Waals surface area (Å²) in [6.07, 6.45) is 0.965. The van der Waals surface area contributed by atoms with Crippen LogP contribution in [-0.4, -0.2) is 41.1 Å². The number of hydrogen-bond acceptors (Lipinski definition) is 3. The molecule has 1 aromatic heterocycles. The third kappa shape index (κ3) is 6.07. The maximum absolute atomic E-state index is 11.9. The van der Waals surface area contributed by atoms with Gasteiger partial charge in [0.15, 0.2) is 5.96 Å². The van der Waals surface area contributed by atoms with Crippen molar-refractivity contribution in [2.24, 2.45) is 4.99 Å². The van der Waals surface area contributed by atoms with Gasteiger partial charge in [-0.3, -0.25) is 4.79 Å². The van der Waals surface area contributed by atoms with Gasteiger partial charge in [0.2, 0.25) is 0 Å². The Morgan fingerprint density at radius 2 is 1.74 bits per heavy atom. The predicted molar refractivity (Wildman–Crippen MR) is 126 cm³/mol. The van der Waals surface area contributed by atoms with Crippen LogP contribution in [-0.2, 0) is 13.1 Å². The van der Waals surface area contributed by atoms with Crippen LogP contribution in [0.15, 0.2) is 53.5 Å². The van der Waals surface area contributed by atoms with Crippen molar-refractivity contribution in [3.63, 3.8) is 0 Å². The first kappa shape index (κ1) is 22.3. The molecule has 0 aliphatic rings. The summed E-state index contributed by atoms with van der Waals surface area (Å²) in [6, 6.07) is 15.8. The zero-order valence-corrected chi connectivity index (χ0v) is 18.6. The number of carbonyl (C=O) groups excluding carboxylic acids is 1. The van der Waals surface area contributed by atoms with Crippen molar-refractivity contribution >= 4 is 22.9 Å². The summed E-state index contributed by atoms with van der Waals surface area (Å²) in [7, 11) is 0. The summed E-state index contributed by atoms with van der Waals surface area (Å²) in [5, 5.41) is 9.51. The second-order valence-corrected chi connectivity index (χ2v) is 7.33. The first-order valence-electron chi connectivity index (χ1n) is 10.9. The fourth-order valence-electron chi connectivity index (χ4n) is 3.46. The highest BCUT2D eigenvalue weighted by Gasteiger charge is 2.07. The van der Waals surface area contributed by atoms with Gasteiger partial charge in [-0.05, 0) is 57.0 Å². The van der Waals surface area contributed by atoms with Crippen LogP contribution in [0, 0.1) is 6.92 Å². The molecule has 3 rings (SSSR count). The number of nitrogens with one attached hydrogen (secondary N) is 3. The highest BCUT2D eigenvalue weighted by molar-refractivity contribution is 5.94. The molecule has 3 N–H and O–H groups in total. The van der Waals surface area contributed by atoms with Crippen LogP contribution in [0.4, 0.5) is 0 Å². The summed E-state index contributed by atoms with van der Waals surface area (Å²) >= 11 is 0. The number of hydrogen-bond donors (Lipinski definition) is 3. The Hall–Kier alpha value is -3.35. The Morgan fingerprint density at radius 1 is 1.00 bits per heavy atom. The third-order valence-electron chi connectivity index (χ3n) is 5.01. The van der Waals surface area contributed by atoms with Gasteiger partial charge in [-0.2, -0.15) is 0 Å². The van der Waals surface area contributed by atoms with Crippen molar-refractivity contribution in [1.29, 1.82) is 0 Å². The van der Waals surface area contributed by atoms with Gasteiger partial charge in [0.05, 0.1) is 17.6 Å². The molecule has 0 atom stereocenters. The van der Waals surface area contributed by atoms with Crippen LogP contribution >= 0.6 is 0 Å². The molecule has 3 aromatic rings. The van der Waals surface area contributed by atoms with Gasteiger partial charge >= 0.3 is 0 Å². The molecule has 164 valence electrons. The number of carbonyl (C=O) groups is 1. The maximum Gasteiger partial charge on any atom is 0.251 e. The molecule has 1 heterocycles. The number of guanidine groups is 1. The van der Waals surface area contributed by atoms with Gasteiger partial charge in [0.25, 0.3) is 5.91 Å². The van der Waals surface area contributed by atoms with E-state index in [-0.39, 0.29) is 5.91 Å². The number of fused-ring (bicyclic) bond motifs is 1. The van der Waals surface area contributed by atoms with Crippen molar-refractivity contribution in [3.8, 4) is 0 Å². The molecule has 0 saturated carbocycles. The SMILES string of the molecule is CCNC(=O)c1ccc(CN=C(NCC)NCCCn2c(C)nc3ccccc32)cc1. The second-order valence-electron chi connectivity index (χ2n) is 7.33. The standard InChI is InChI=1S/C24H32N6O/c1-4-25-23(31)20-13-11-19(12-14-20)17-28-24(26-5-2)27-15-8-16-30-18(3)29-21-9-6-7-10-22(21)30/h6-7,9-14H,4-5,8,15-17H2,1-3H3,(H,25,31)(H2,26,27,28). The number of rotatable bonds is 9. The molecule has 0 unspecified atom stereocenters. The minimum absolute atomic E-state index is 0.0477. The highest BCUT2D eigenvalue weighted by Crippen LogP contribution is 2.15. The van der Waals surface area contributed by atoms with Crippen LogP contribution in [0.2, 0.25) is 0 Å². The topological polar surface area (TPSA) is 83.3 Å². The van der Waals surface area contributed by atoms with E-state index in [0.717, 1.165) is 48.9 Å². The minimum Gasteiger partial charge on any atom is -0.357 e. The molecule has 0 fully saturated rings. The summed E-state index contributed by atoms with van der Waals surface area (Å²) < 4.78 is 2.26. The molecular weight excluding hydrogens is 388 g/mol. The molecule has 1 amide bonds. The number of nitrogens with zero attached hydrogens (tertiary/aromatic N) is 3. The zero-order chi connectivity index (χ0) is 22.1. The van der Waals surface area contributed by atoms with E-state index in [1.165, 1.54) is 5.52 Å². The lowest BCUT2D eigenvalue weighted by Gasteiger charge is -2.12. The first-order valence-corrected chi connectivity index (χ1v) is 10.9. The number of aliphatic imine (C=N–C) groups is 1. The molecule has 31 heavy (non-hydrogen) atoms. The van der Waals surface area contributed by atoms with Gasteiger partial charge < -0.3 is 20.5 Å². The van der Waals surface area contributed by atoms with E-state index in [9.17, 15) is 4.79 Å². The Labute approximate surface area is 184 Å². The Morgan fingerprint density at radius 3 is 2.48 bits per heavy atom. The minimum atomic E-state index is -0.0477. The Balaban J connectivity index is 1.52. The summed E-state index contributed by atoms with van der Waals surface area (Å²) in [5.74, 6) is 1.79. The van der Waals surface area contributed by atoms with Gasteiger partial charge in [0, 0.05) is 31.7 Å². The average molecular weight is 421 g/mol. The average Bonchev–Trinajstić information content (AvgIpc) is 3.10.